The summed E-state index contributed by atoms with van der Waals surface area (Å²) in [6.07, 6.45) is 4.87. The van der Waals surface area contributed by atoms with Crippen LogP contribution in [0.4, 0.5) is 0 Å². The Bertz CT molecular complexity index is 173. The molecule has 0 aromatic carbocycles. The molecule has 0 rings (SSSR count). The lowest BCUT2D eigenvalue weighted by Crippen LogP contribution is -1.98. The molecule has 0 saturated carbocycles. The fourth-order valence-corrected chi connectivity index (χ4v) is 0.455. The summed E-state index contributed by atoms with van der Waals surface area (Å²) in [6.45, 7) is 5.50. The first kappa shape index (κ1) is 9.91. The van der Waals surface area contributed by atoms with Crippen LogP contribution in [0.15, 0.2) is 29.5 Å². The van der Waals surface area contributed by atoms with Crippen molar-refractivity contribution in [1.82, 2.24) is 0 Å². The van der Waals surface area contributed by atoms with Crippen LogP contribution in [0.2, 0.25) is 0 Å². The first-order chi connectivity index (χ1) is 5.20. The van der Waals surface area contributed by atoms with E-state index in [0.29, 0.717) is 5.57 Å². The molecule has 0 aromatic rings. The Morgan fingerprint density at radius 2 is 2.36 bits per heavy atom. The van der Waals surface area contributed by atoms with Crippen LogP contribution in [0.1, 0.15) is 6.92 Å². The first-order valence-electron chi connectivity index (χ1n) is 3.28. The van der Waals surface area contributed by atoms with Crippen molar-refractivity contribution in [3.63, 3.8) is 0 Å². The summed E-state index contributed by atoms with van der Waals surface area (Å²) in [4.78, 5) is 0. The molecule has 3 nitrogen and oxygen atoms in total. The Labute approximate surface area is 66.7 Å². The third kappa shape index (κ3) is 5.36. The van der Waals surface area contributed by atoms with Crippen LogP contribution >= 0.6 is 0 Å². The predicted octanol–water partition coefficient (Wildman–Crippen LogP) is 1.59. The van der Waals surface area contributed by atoms with Crippen molar-refractivity contribution in [2.45, 2.75) is 13.0 Å². The van der Waals surface area contributed by atoms with Crippen LogP contribution in [0, 0.1) is 0 Å². The monoisotopic (exact) mass is 155 g/mol. The Morgan fingerprint density at radius 1 is 1.73 bits per heavy atom. The van der Waals surface area contributed by atoms with Crippen molar-refractivity contribution >= 4 is 6.21 Å². The van der Waals surface area contributed by atoms with Crippen LogP contribution < -0.4 is 0 Å². The Hall–Kier alpha value is -1.09. The van der Waals surface area contributed by atoms with Crippen molar-refractivity contribution in [3.8, 4) is 0 Å². The van der Waals surface area contributed by atoms with Gasteiger partial charge in [-0.05, 0) is 12.5 Å². The summed E-state index contributed by atoms with van der Waals surface area (Å²) in [5, 5.41) is 10.9. The van der Waals surface area contributed by atoms with Gasteiger partial charge in [-0.25, -0.2) is 0 Å². The van der Waals surface area contributed by atoms with Crippen LogP contribution in [0.5, 0.6) is 0 Å². The van der Waals surface area contributed by atoms with E-state index < -0.39 is 0 Å². The van der Waals surface area contributed by atoms with Gasteiger partial charge in [0, 0.05) is 7.11 Å². The van der Waals surface area contributed by atoms with Crippen LogP contribution in [-0.4, -0.2) is 24.6 Å². The third-order valence-electron chi connectivity index (χ3n) is 1.18. The minimum Gasteiger partial charge on any atom is -0.411 e. The number of rotatable bonds is 4. The number of hydrogen-bond acceptors (Lipinski definition) is 3. The Balaban J connectivity index is 3.82. The highest BCUT2D eigenvalue weighted by Crippen LogP contribution is 1.94. The van der Waals surface area contributed by atoms with E-state index in [1.54, 1.807) is 13.2 Å². The summed E-state index contributed by atoms with van der Waals surface area (Å²) in [6, 6.07) is 0. The van der Waals surface area contributed by atoms with Crippen LogP contribution in [0.3, 0.4) is 0 Å². The molecular formula is C8H13NO2. The zero-order valence-electron chi connectivity index (χ0n) is 6.82. The highest BCUT2D eigenvalue weighted by Gasteiger charge is 1.89. The standard InChI is InChI=1S/C8H13NO2/c1-7(6-9-10)4-5-8(2)11-3/h4-6,8,10H,1H2,2-3H3/b5-4-,9-6?. The smallest absolute Gasteiger partial charge is 0.0727 e. The zero-order valence-corrected chi connectivity index (χ0v) is 6.82. The lowest BCUT2D eigenvalue weighted by Gasteiger charge is -2.00. The molecule has 0 aliphatic rings. The maximum atomic E-state index is 8.10. The van der Waals surface area contributed by atoms with E-state index >= 15 is 0 Å². The minimum absolute atomic E-state index is 0.0545. The third-order valence-corrected chi connectivity index (χ3v) is 1.18. The van der Waals surface area contributed by atoms with Crippen molar-refractivity contribution < 1.29 is 9.94 Å². The minimum atomic E-state index is 0.0545. The maximum Gasteiger partial charge on any atom is 0.0727 e. The van der Waals surface area contributed by atoms with E-state index in [9.17, 15) is 0 Å². The fraction of sp³-hybridized carbons (Fsp3) is 0.375. The summed E-state index contributed by atoms with van der Waals surface area (Å²) in [7, 11) is 1.62. The second-order valence-electron chi connectivity index (χ2n) is 2.12. The molecular weight excluding hydrogens is 142 g/mol. The molecule has 0 fully saturated rings. The average molecular weight is 155 g/mol. The van der Waals surface area contributed by atoms with Crippen molar-refractivity contribution in [3.05, 3.63) is 24.3 Å². The van der Waals surface area contributed by atoms with Gasteiger partial charge in [0.15, 0.2) is 0 Å². The quantitative estimate of drug-likeness (QED) is 0.290. The number of nitrogens with zero attached hydrogens (tertiary/aromatic N) is 1. The van der Waals surface area contributed by atoms with Crippen LogP contribution in [0.25, 0.3) is 0 Å². The molecule has 0 aliphatic carbocycles. The van der Waals surface area contributed by atoms with E-state index in [4.69, 9.17) is 9.94 Å². The molecule has 0 aromatic heterocycles. The van der Waals surface area contributed by atoms with Gasteiger partial charge in [0.2, 0.25) is 0 Å². The van der Waals surface area contributed by atoms with E-state index in [-0.39, 0.29) is 6.10 Å². The van der Waals surface area contributed by atoms with Crippen molar-refractivity contribution in [1.29, 1.82) is 0 Å². The van der Waals surface area contributed by atoms with Gasteiger partial charge in [-0.15, -0.1) is 0 Å². The van der Waals surface area contributed by atoms with E-state index in [1.165, 1.54) is 6.21 Å². The maximum absolute atomic E-state index is 8.10. The van der Waals surface area contributed by atoms with Gasteiger partial charge in [-0.1, -0.05) is 23.9 Å². The lowest BCUT2D eigenvalue weighted by molar-refractivity contribution is 0.156. The fourth-order valence-electron chi connectivity index (χ4n) is 0.455. The number of hydrogen-bond donors (Lipinski definition) is 1. The van der Waals surface area contributed by atoms with E-state index in [0.717, 1.165) is 0 Å². The molecule has 0 amide bonds. The first-order valence-corrected chi connectivity index (χ1v) is 3.28. The van der Waals surface area contributed by atoms with Gasteiger partial charge in [0.1, 0.15) is 0 Å². The average Bonchev–Trinajstić information content (AvgIpc) is 2.01. The Kier molecular flexibility index (Phi) is 5.11. The number of ether oxygens (including phenoxy) is 1. The molecule has 11 heavy (non-hydrogen) atoms. The molecule has 62 valence electrons. The summed E-state index contributed by atoms with van der Waals surface area (Å²) in [5.74, 6) is 0. The molecule has 0 aliphatic heterocycles. The lowest BCUT2D eigenvalue weighted by atomic mass is 10.2. The van der Waals surface area contributed by atoms with Crippen LogP contribution in [-0.2, 0) is 4.74 Å². The predicted molar refractivity (Wildman–Crippen MR) is 45.0 cm³/mol. The van der Waals surface area contributed by atoms with E-state index in [1.807, 2.05) is 13.0 Å². The number of methoxy groups -OCH3 is 1. The van der Waals surface area contributed by atoms with Gasteiger partial charge in [0.05, 0.1) is 12.3 Å². The summed E-state index contributed by atoms with van der Waals surface area (Å²) >= 11 is 0. The van der Waals surface area contributed by atoms with Gasteiger partial charge < -0.3 is 9.94 Å². The van der Waals surface area contributed by atoms with Gasteiger partial charge in [-0.3, -0.25) is 0 Å². The molecule has 3 heteroatoms. The molecule has 0 bridgehead atoms. The van der Waals surface area contributed by atoms with E-state index in [2.05, 4.69) is 11.7 Å². The van der Waals surface area contributed by atoms with Crippen molar-refractivity contribution in [2.24, 2.45) is 5.16 Å². The molecule has 0 spiro atoms. The Morgan fingerprint density at radius 3 is 2.82 bits per heavy atom. The summed E-state index contributed by atoms with van der Waals surface area (Å²) < 4.78 is 4.94. The van der Waals surface area contributed by atoms with Gasteiger partial charge in [-0.2, -0.15) is 0 Å². The SMILES string of the molecule is C=C(C=NO)/C=C\C(C)OC. The second kappa shape index (κ2) is 5.68. The molecule has 0 heterocycles. The summed E-state index contributed by atoms with van der Waals surface area (Å²) in [5.41, 5.74) is 0.636. The highest BCUT2D eigenvalue weighted by atomic mass is 16.5. The van der Waals surface area contributed by atoms with Gasteiger partial charge in [0.25, 0.3) is 0 Å². The molecule has 0 radical (unpaired) electrons. The molecule has 1 N–H and O–H groups in total. The zero-order chi connectivity index (χ0) is 8.69. The van der Waals surface area contributed by atoms with Gasteiger partial charge >= 0.3 is 0 Å². The highest BCUT2D eigenvalue weighted by molar-refractivity contribution is 5.80. The second-order valence-corrected chi connectivity index (χ2v) is 2.12. The number of oxime groups is 1. The largest absolute Gasteiger partial charge is 0.411 e. The molecule has 1 unspecified atom stereocenters. The normalized spacial score (nSPS) is 14.4. The topological polar surface area (TPSA) is 41.8 Å². The molecule has 1 atom stereocenters. The van der Waals surface area contributed by atoms with Crippen molar-refractivity contribution in [2.75, 3.05) is 7.11 Å². The number of allylic oxidation sites excluding steroid dienone is 2. The molecule has 0 saturated heterocycles.